The molecule has 3 heterocycles. The van der Waals surface area contributed by atoms with Gasteiger partial charge in [0.15, 0.2) is 0 Å². The molecule has 2 amide bonds. The molecule has 126 valence electrons. The second-order valence-electron chi connectivity index (χ2n) is 6.45. The van der Waals surface area contributed by atoms with Gasteiger partial charge in [-0.2, -0.15) is 0 Å². The van der Waals surface area contributed by atoms with Crippen LogP contribution in [0.15, 0.2) is 16.7 Å². The molecule has 2 aliphatic rings. The lowest BCUT2D eigenvalue weighted by Crippen LogP contribution is -2.54. The van der Waals surface area contributed by atoms with Gasteiger partial charge in [0, 0.05) is 38.7 Å². The maximum Gasteiger partial charge on any atom is 0.257 e. The van der Waals surface area contributed by atoms with Gasteiger partial charge in [0.2, 0.25) is 5.91 Å². The van der Waals surface area contributed by atoms with Crippen molar-refractivity contribution in [2.45, 2.75) is 38.1 Å². The maximum absolute atomic E-state index is 12.6. The number of amides is 2. The van der Waals surface area contributed by atoms with Crippen LogP contribution in [0.5, 0.6) is 0 Å². The number of carbonyl (C=O) groups excluding carboxylic acids is 2. The highest BCUT2D eigenvalue weighted by atomic mass is 16.5. The Kier molecular flexibility index (Phi) is 4.43. The first-order chi connectivity index (χ1) is 11.1. The number of ether oxygens (including phenoxy) is 1. The summed E-state index contributed by atoms with van der Waals surface area (Å²) in [4.78, 5) is 28.6. The van der Waals surface area contributed by atoms with Crippen LogP contribution in [0.1, 0.15) is 41.8 Å². The monoisotopic (exact) mass is 320 g/mol. The molecule has 0 saturated carbocycles. The van der Waals surface area contributed by atoms with Crippen LogP contribution in [0, 0.1) is 6.92 Å². The summed E-state index contributed by atoms with van der Waals surface area (Å²) in [6, 6.07) is 1.73. The van der Waals surface area contributed by atoms with Crippen molar-refractivity contribution in [3.63, 3.8) is 0 Å². The van der Waals surface area contributed by atoms with Crippen molar-refractivity contribution in [3.8, 4) is 0 Å². The third kappa shape index (κ3) is 2.87. The van der Waals surface area contributed by atoms with Gasteiger partial charge in [0.25, 0.3) is 5.91 Å². The number of methoxy groups -OCH3 is 1. The largest absolute Gasteiger partial charge is 0.469 e. The maximum atomic E-state index is 12.6. The standard InChI is InChI=1S/C17H24N2O4/c1-13-14(4-11-23-13)16(21)18-8-6-17(7-9-18)5-3-15(20)19(17)10-12-22-2/h4,11H,3,5-10,12H2,1-2H3. The van der Waals surface area contributed by atoms with Crippen molar-refractivity contribution in [2.24, 2.45) is 0 Å². The van der Waals surface area contributed by atoms with Gasteiger partial charge in [-0.3, -0.25) is 9.59 Å². The van der Waals surface area contributed by atoms with Crippen LogP contribution in [0.4, 0.5) is 0 Å². The molecule has 0 unspecified atom stereocenters. The molecule has 0 atom stereocenters. The van der Waals surface area contributed by atoms with E-state index in [9.17, 15) is 9.59 Å². The summed E-state index contributed by atoms with van der Waals surface area (Å²) in [7, 11) is 1.65. The molecule has 1 spiro atoms. The minimum Gasteiger partial charge on any atom is -0.469 e. The summed E-state index contributed by atoms with van der Waals surface area (Å²) < 4.78 is 10.4. The fraction of sp³-hybridized carbons (Fsp3) is 0.647. The van der Waals surface area contributed by atoms with Gasteiger partial charge >= 0.3 is 0 Å². The molecule has 2 aliphatic heterocycles. The van der Waals surface area contributed by atoms with E-state index < -0.39 is 0 Å². The highest BCUT2D eigenvalue weighted by Crippen LogP contribution is 2.39. The first-order valence-electron chi connectivity index (χ1n) is 8.20. The Hall–Kier alpha value is -1.82. The van der Waals surface area contributed by atoms with Gasteiger partial charge in [-0.1, -0.05) is 0 Å². The lowest BCUT2D eigenvalue weighted by molar-refractivity contribution is -0.133. The van der Waals surface area contributed by atoms with Crippen LogP contribution in [-0.4, -0.2) is 60.5 Å². The van der Waals surface area contributed by atoms with Gasteiger partial charge in [-0.25, -0.2) is 0 Å². The summed E-state index contributed by atoms with van der Waals surface area (Å²) >= 11 is 0. The predicted octanol–water partition coefficient (Wildman–Crippen LogP) is 1.83. The molecule has 0 N–H and O–H groups in total. The van der Waals surface area contributed by atoms with Gasteiger partial charge < -0.3 is 19.0 Å². The summed E-state index contributed by atoms with van der Waals surface area (Å²) in [6.45, 7) is 4.37. The van der Waals surface area contributed by atoms with Gasteiger partial charge in [0.05, 0.1) is 18.4 Å². The summed E-state index contributed by atoms with van der Waals surface area (Å²) in [5.74, 6) is 0.902. The minimum absolute atomic E-state index is 0.0267. The SMILES string of the molecule is COCCN1C(=O)CCC12CCN(C(=O)c1ccoc1C)CC2. The number of hydrogen-bond donors (Lipinski definition) is 0. The lowest BCUT2D eigenvalue weighted by atomic mass is 9.84. The smallest absolute Gasteiger partial charge is 0.257 e. The van der Waals surface area contributed by atoms with E-state index >= 15 is 0 Å². The van der Waals surface area contributed by atoms with E-state index in [0.29, 0.717) is 44.0 Å². The molecule has 1 aromatic rings. The van der Waals surface area contributed by atoms with Gasteiger partial charge in [-0.05, 0) is 32.3 Å². The first-order valence-corrected chi connectivity index (χ1v) is 8.20. The number of carbonyl (C=O) groups is 2. The van der Waals surface area contributed by atoms with Crippen LogP contribution in [0.25, 0.3) is 0 Å². The first kappa shape index (κ1) is 16.1. The third-order valence-electron chi connectivity index (χ3n) is 5.27. The van der Waals surface area contributed by atoms with E-state index in [1.165, 1.54) is 0 Å². The quantitative estimate of drug-likeness (QED) is 0.849. The molecular weight excluding hydrogens is 296 g/mol. The number of piperidine rings is 1. The fourth-order valence-electron chi connectivity index (χ4n) is 3.84. The van der Waals surface area contributed by atoms with Crippen molar-refractivity contribution < 1.29 is 18.7 Å². The average molecular weight is 320 g/mol. The molecule has 1 aromatic heterocycles. The average Bonchev–Trinajstić information content (AvgIpc) is 3.11. The Balaban J connectivity index is 1.66. The number of nitrogens with zero attached hydrogens (tertiary/aromatic N) is 2. The van der Waals surface area contributed by atoms with Gasteiger partial charge in [-0.15, -0.1) is 0 Å². The zero-order valence-corrected chi connectivity index (χ0v) is 13.8. The van der Waals surface area contributed by atoms with Crippen molar-refractivity contribution >= 4 is 11.8 Å². The highest BCUT2D eigenvalue weighted by Gasteiger charge is 2.47. The fourth-order valence-corrected chi connectivity index (χ4v) is 3.84. The molecular formula is C17H24N2O4. The summed E-state index contributed by atoms with van der Waals surface area (Å²) in [5, 5.41) is 0. The predicted molar refractivity (Wildman–Crippen MR) is 84.1 cm³/mol. The molecule has 2 fully saturated rings. The zero-order valence-electron chi connectivity index (χ0n) is 13.8. The van der Waals surface area contributed by atoms with E-state index in [2.05, 4.69) is 0 Å². The lowest BCUT2D eigenvalue weighted by Gasteiger charge is -2.45. The van der Waals surface area contributed by atoms with Crippen LogP contribution < -0.4 is 0 Å². The van der Waals surface area contributed by atoms with Gasteiger partial charge in [0.1, 0.15) is 5.76 Å². The normalized spacial score (nSPS) is 20.5. The summed E-state index contributed by atoms with van der Waals surface area (Å²) in [5.41, 5.74) is 0.553. The Morgan fingerprint density at radius 2 is 2.09 bits per heavy atom. The van der Waals surface area contributed by atoms with Crippen molar-refractivity contribution in [1.82, 2.24) is 9.80 Å². The molecule has 3 rings (SSSR count). The van der Waals surface area contributed by atoms with Crippen LogP contribution in [0.2, 0.25) is 0 Å². The molecule has 0 aliphatic carbocycles. The molecule has 0 bridgehead atoms. The number of rotatable bonds is 4. The Labute approximate surface area is 136 Å². The van der Waals surface area contributed by atoms with E-state index in [-0.39, 0.29) is 17.4 Å². The topological polar surface area (TPSA) is 63.0 Å². The van der Waals surface area contributed by atoms with Crippen LogP contribution in [0.3, 0.4) is 0 Å². The number of furan rings is 1. The molecule has 0 radical (unpaired) electrons. The second-order valence-corrected chi connectivity index (χ2v) is 6.45. The zero-order chi connectivity index (χ0) is 16.4. The third-order valence-corrected chi connectivity index (χ3v) is 5.27. The Morgan fingerprint density at radius 3 is 2.70 bits per heavy atom. The van der Waals surface area contributed by atoms with E-state index in [0.717, 1.165) is 19.3 Å². The minimum atomic E-state index is -0.0855. The number of hydrogen-bond acceptors (Lipinski definition) is 4. The molecule has 2 saturated heterocycles. The van der Waals surface area contributed by atoms with Crippen LogP contribution in [-0.2, 0) is 9.53 Å². The summed E-state index contributed by atoms with van der Waals surface area (Å²) in [6.07, 6.45) is 4.73. The molecule has 6 nitrogen and oxygen atoms in total. The molecule has 6 heteroatoms. The van der Waals surface area contributed by atoms with Crippen molar-refractivity contribution in [2.75, 3.05) is 33.4 Å². The molecule has 0 aromatic carbocycles. The van der Waals surface area contributed by atoms with E-state index in [4.69, 9.17) is 9.15 Å². The van der Waals surface area contributed by atoms with Crippen molar-refractivity contribution in [1.29, 1.82) is 0 Å². The van der Waals surface area contributed by atoms with Crippen LogP contribution >= 0.6 is 0 Å². The number of likely N-dealkylation sites (tertiary alicyclic amines) is 2. The van der Waals surface area contributed by atoms with E-state index in [1.807, 2.05) is 9.80 Å². The Morgan fingerprint density at radius 1 is 1.35 bits per heavy atom. The second kappa shape index (κ2) is 6.35. The van der Waals surface area contributed by atoms with Crippen molar-refractivity contribution in [3.05, 3.63) is 23.7 Å². The van der Waals surface area contributed by atoms with E-state index in [1.54, 1.807) is 26.4 Å². The Bertz CT molecular complexity index is 587. The number of aryl methyl sites for hydroxylation is 1. The highest BCUT2D eigenvalue weighted by molar-refractivity contribution is 5.95. The molecule has 23 heavy (non-hydrogen) atoms.